The molecular weight excluding hydrogens is 249 g/mol. The van der Waals surface area contributed by atoms with Gasteiger partial charge in [-0.05, 0) is 25.0 Å². The van der Waals surface area contributed by atoms with Crippen LogP contribution in [0.4, 0.5) is 10.1 Å². The molecule has 1 aliphatic rings. The van der Waals surface area contributed by atoms with E-state index in [0.717, 1.165) is 25.9 Å². The number of ether oxygens (including phenoxy) is 1. The first kappa shape index (κ1) is 13.6. The monoisotopic (exact) mass is 267 g/mol. The van der Waals surface area contributed by atoms with Crippen LogP contribution in [-0.4, -0.2) is 37.3 Å². The van der Waals surface area contributed by atoms with E-state index in [-0.39, 0.29) is 17.5 Å². The fourth-order valence-corrected chi connectivity index (χ4v) is 2.41. The minimum atomic E-state index is -0.485. The molecule has 0 bridgehead atoms. The highest BCUT2D eigenvalue weighted by Gasteiger charge is 2.23. The van der Waals surface area contributed by atoms with Gasteiger partial charge in [-0.25, -0.2) is 4.39 Å². The molecule has 0 spiro atoms. The van der Waals surface area contributed by atoms with Gasteiger partial charge in [-0.3, -0.25) is 0 Å². The zero-order valence-electron chi connectivity index (χ0n) is 10.8. The fourth-order valence-electron chi connectivity index (χ4n) is 2.41. The molecule has 6 heteroatoms. The summed E-state index contributed by atoms with van der Waals surface area (Å²) >= 11 is 0. The minimum Gasteiger partial charge on any atom is -0.409 e. The molecule has 0 aromatic heterocycles. The largest absolute Gasteiger partial charge is 0.409 e. The number of halogens is 1. The Morgan fingerprint density at radius 2 is 2.16 bits per heavy atom. The van der Waals surface area contributed by atoms with Crippen LogP contribution in [0.1, 0.15) is 18.4 Å². The van der Waals surface area contributed by atoms with Gasteiger partial charge >= 0.3 is 0 Å². The molecule has 5 nitrogen and oxygen atoms in total. The van der Waals surface area contributed by atoms with Gasteiger partial charge in [0.2, 0.25) is 0 Å². The highest BCUT2D eigenvalue weighted by molar-refractivity contribution is 6.02. The van der Waals surface area contributed by atoms with Crippen molar-refractivity contribution in [1.82, 2.24) is 0 Å². The lowest BCUT2D eigenvalue weighted by Crippen LogP contribution is -2.38. The Morgan fingerprint density at radius 3 is 2.74 bits per heavy atom. The van der Waals surface area contributed by atoms with E-state index in [1.54, 1.807) is 19.2 Å². The molecule has 0 radical (unpaired) electrons. The van der Waals surface area contributed by atoms with Gasteiger partial charge < -0.3 is 20.6 Å². The van der Waals surface area contributed by atoms with Gasteiger partial charge in [-0.15, -0.1) is 0 Å². The van der Waals surface area contributed by atoms with Crippen molar-refractivity contribution in [3.63, 3.8) is 0 Å². The number of amidine groups is 1. The molecule has 1 saturated heterocycles. The lowest BCUT2D eigenvalue weighted by molar-refractivity contribution is 0.0819. The standard InChI is InChI=1S/C13H18FN3O2/c1-19-9-5-7-17(8-6-9)11-4-2-3-10(14)12(11)13(15)16-18/h2-4,9,18H,5-8H2,1H3,(H2,15,16). The van der Waals surface area contributed by atoms with E-state index in [1.165, 1.54) is 6.07 Å². The molecule has 3 N–H and O–H groups in total. The van der Waals surface area contributed by atoms with E-state index in [4.69, 9.17) is 15.7 Å². The van der Waals surface area contributed by atoms with E-state index in [9.17, 15) is 4.39 Å². The van der Waals surface area contributed by atoms with Crippen LogP contribution < -0.4 is 10.6 Å². The summed E-state index contributed by atoms with van der Waals surface area (Å²) in [6, 6.07) is 4.71. The smallest absolute Gasteiger partial charge is 0.175 e. The van der Waals surface area contributed by atoms with E-state index in [1.807, 2.05) is 4.90 Å². The maximum atomic E-state index is 13.9. The second-order valence-electron chi connectivity index (χ2n) is 4.54. The zero-order chi connectivity index (χ0) is 13.8. The van der Waals surface area contributed by atoms with Crippen molar-refractivity contribution in [3.8, 4) is 0 Å². The van der Waals surface area contributed by atoms with Gasteiger partial charge in [-0.2, -0.15) is 0 Å². The molecule has 1 aliphatic heterocycles. The quantitative estimate of drug-likeness (QED) is 0.377. The first-order valence-corrected chi connectivity index (χ1v) is 6.21. The van der Waals surface area contributed by atoms with E-state index in [0.29, 0.717) is 5.69 Å². The summed E-state index contributed by atoms with van der Waals surface area (Å²) in [5.74, 6) is -0.691. The van der Waals surface area contributed by atoms with Crippen molar-refractivity contribution in [2.75, 3.05) is 25.1 Å². The van der Waals surface area contributed by atoms with Crippen LogP contribution in [0.25, 0.3) is 0 Å². The Hall–Kier alpha value is -1.82. The predicted molar refractivity (Wildman–Crippen MR) is 71.2 cm³/mol. The lowest BCUT2D eigenvalue weighted by atomic mass is 10.0. The van der Waals surface area contributed by atoms with E-state index >= 15 is 0 Å². The molecule has 0 amide bonds. The number of oxime groups is 1. The fraction of sp³-hybridized carbons (Fsp3) is 0.462. The normalized spacial score (nSPS) is 17.8. The summed E-state index contributed by atoms with van der Waals surface area (Å²) < 4.78 is 19.2. The molecule has 2 rings (SSSR count). The maximum Gasteiger partial charge on any atom is 0.175 e. The first-order valence-electron chi connectivity index (χ1n) is 6.21. The lowest BCUT2D eigenvalue weighted by Gasteiger charge is -2.34. The molecule has 1 aromatic rings. The number of nitrogens with zero attached hydrogens (tertiary/aromatic N) is 2. The Bertz CT molecular complexity index is 471. The zero-order valence-corrected chi connectivity index (χ0v) is 10.8. The van der Waals surface area contributed by atoms with Crippen molar-refractivity contribution >= 4 is 11.5 Å². The van der Waals surface area contributed by atoms with Gasteiger partial charge in [-0.1, -0.05) is 11.2 Å². The predicted octanol–water partition coefficient (Wildman–Crippen LogP) is 1.54. The molecule has 19 heavy (non-hydrogen) atoms. The van der Waals surface area contributed by atoms with Crippen LogP contribution in [0.3, 0.4) is 0 Å². The molecule has 104 valence electrons. The van der Waals surface area contributed by atoms with Crippen molar-refractivity contribution < 1.29 is 14.3 Å². The minimum absolute atomic E-state index is 0.154. The number of rotatable bonds is 3. The maximum absolute atomic E-state index is 13.9. The summed E-state index contributed by atoms with van der Waals surface area (Å²) in [6.45, 7) is 1.52. The van der Waals surface area contributed by atoms with Crippen LogP contribution in [0, 0.1) is 5.82 Å². The Morgan fingerprint density at radius 1 is 1.47 bits per heavy atom. The summed E-state index contributed by atoms with van der Waals surface area (Å²) in [6.07, 6.45) is 2.00. The summed E-state index contributed by atoms with van der Waals surface area (Å²) in [4.78, 5) is 2.03. The molecule has 1 heterocycles. The molecule has 0 atom stereocenters. The molecule has 1 aromatic carbocycles. The number of hydrogen-bond acceptors (Lipinski definition) is 4. The highest BCUT2D eigenvalue weighted by Crippen LogP contribution is 2.26. The third-order valence-corrected chi connectivity index (χ3v) is 3.47. The number of piperidine rings is 1. The molecule has 0 aliphatic carbocycles. The third kappa shape index (κ3) is 2.78. The van der Waals surface area contributed by atoms with E-state index in [2.05, 4.69) is 5.16 Å². The third-order valence-electron chi connectivity index (χ3n) is 3.47. The SMILES string of the molecule is COC1CCN(c2cccc(F)c2C(N)=NO)CC1. The van der Waals surface area contributed by atoms with Gasteiger partial charge in [0, 0.05) is 20.2 Å². The number of nitrogens with two attached hydrogens (primary N) is 1. The molecular formula is C13H18FN3O2. The van der Waals surface area contributed by atoms with Crippen LogP contribution in [0.2, 0.25) is 0 Å². The van der Waals surface area contributed by atoms with Crippen molar-refractivity contribution in [2.45, 2.75) is 18.9 Å². The highest BCUT2D eigenvalue weighted by atomic mass is 19.1. The van der Waals surface area contributed by atoms with Crippen LogP contribution in [-0.2, 0) is 4.74 Å². The number of benzene rings is 1. The number of hydrogen-bond donors (Lipinski definition) is 2. The number of methoxy groups -OCH3 is 1. The Balaban J connectivity index is 2.28. The average Bonchev–Trinajstić information content (AvgIpc) is 2.46. The first-order chi connectivity index (χ1) is 9.17. The molecule has 0 unspecified atom stereocenters. The van der Waals surface area contributed by atoms with E-state index < -0.39 is 5.82 Å². The van der Waals surface area contributed by atoms with Crippen LogP contribution in [0.5, 0.6) is 0 Å². The second-order valence-corrected chi connectivity index (χ2v) is 4.54. The summed E-state index contributed by atoms with van der Waals surface area (Å²) in [7, 11) is 1.70. The van der Waals surface area contributed by atoms with Crippen molar-refractivity contribution in [2.24, 2.45) is 10.9 Å². The van der Waals surface area contributed by atoms with Gasteiger partial charge in [0.1, 0.15) is 5.82 Å². The summed E-state index contributed by atoms with van der Waals surface area (Å²) in [5, 5.41) is 11.7. The topological polar surface area (TPSA) is 71.1 Å². The van der Waals surface area contributed by atoms with Gasteiger partial charge in [0.05, 0.1) is 17.4 Å². The van der Waals surface area contributed by atoms with Crippen molar-refractivity contribution in [3.05, 3.63) is 29.6 Å². The average molecular weight is 267 g/mol. The summed E-state index contributed by atoms with van der Waals surface area (Å²) in [5.41, 5.74) is 6.38. The Kier molecular flexibility index (Phi) is 4.21. The molecule has 1 fully saturated rings. The van der Waals surface area contributed by atoms with Gasteiger partial charge in [0.15, 0.2) is 5.84 Å². The number of anilines is 1. The van der Waals surface area contributed by atoms with Gasteiger partial charge in [0.25, 0.3) is 0 Å². The molecule has 0 saturated carbocycles. The van der Waals surface area contributed by atoms with Crippen LogP contribution >= 0.6 is 0 Å². The second kappa shape index (κ2) is 5.88. The van der Waals surface area contributed by atoms with Crippen molar-refractivity contribution in [1.29, 1.82) is 0 Å². The Labute approximate surface area is 111 Å². The van der Waals surface area contributed by atoms with Crippen LogP contribution in [0.15, 0.2) is 23.4 Å².